The van der Waals surface area contributed by atoms with Crippen molar-refractivity contribution >= 4 is 17.5 Å². The molecule has 1 aromatic heterocycles. The Morgan fingerprint density at radius 1 is 1.46 bits per heavy atom. The monoisotopic (exact) mass is 176 g/mol. The topological polar surface area (TPSA) is 59.1 Å². The first-order valence-corrected chi connectivity index (χ1v) is 3.96. The summed E-state index contributed by atoms with van der Waals surface area (Å²) >= 11 is 0. The molecule has 2 rings (SSSR count). The summed E-state index contributed by atoms with van der Waals surface area (Å²) in [6, 6.07) is 1.86. The van der Waals surface area contributed by atoms with Gasteiger partial charge < -0.3 is 5.32 Å². The summed E-state index contributed by atoms with van der Waals surface area (Å²) in [7, 11) is 0. The van der Waals surface area contributed by atoms with Crippen LogP contribution in [0.3, 0.4) is 0 Å². The molecule has 0 unspecified atom stereocenters. The predicted octanol–water partition coefficient (Wildman–Crippen LogP) is 0.454. The largest absolute Gasteiger partial charge is 0.304 e. The molecule has 13 heavy (non-hydrogen) atoms. The number of fused-ring (bicyclic) bond motifs is 1. The van der Waals surface area contributed by atoms with E-state index >= 15 is 0 Å². The van der Waals surface area contributed by atoms with E-state index in [9.17, 15) is 9.59 Å². The third kappa shape index (κ3) is 1.30. The molecule has 0 saturated heterocycles. The average molecular weight is 176 g/mol. The molecule has 0 fully saturated rings. The van der Waals surface area contributed by atoms with Gasteiger partial charge in [-0.25, -0.2) is 4.98 Å². The second-order valence-corrected chi connectivity index (χ2v) is 3.07. The number of nitrogens with zero attached hydrogens (tertiary/aromatic N) is 1. The van der Waals surface area contributed by atoms with Crippen LogP contribution in [0.1, 0.15) is 11.1 Å². The molecule has 2 heterocycles. The van der Waals surface area contributed by atoms with Crippen LogP contribution in [0, 0.1) is 6.92 Å². The minimum atomic E-state index is -0.566. The number of nitrogens with one attached hydrogen (secondary N) is 1. The van der Waals surface area contributed by atoms with Crippen LogP contribution in [0.25, 0.3) is 0 Å². The zero-order valence-corrected chi connectivity index (χ0v) is 7.13. The Balaban J connectivity index is 2.48. The smallest absolute Gasteiger partial charge is 0.293 e. The van der Waals surface area contributed by atoms with Crippen LogP contribution in [0.4, 0.5) is 5.82 Å². The molecule has 0 bridgehead atoms. The highest BCUT2D eigenvalue weighted by atomic mass is 16.2. The van der Waals surface area contributed by atoms with Crippen molar-refractivity contribution in [3.8, 4) is 0 Å². The highest BCUT2D eigenvalue weighted by Crippen LogP contribution is 2.18. The van der Waals surface area contributed by atoms with E-state index in [0.29, 0.717) is 5.82 Å². The standard InChI is InChI=1S/C9H8N2O2/c1-5-2-6-3-7(12)9(13)11-8(6)10-4-5/h2,4H,3H2,1H3,(H,10,11,13). The highest BCUT2D eigenvalue weighted by Gasteiger charge is 2.23. The van der Waals surface area contributed by atoms with E-state index in [2.05, 4.69) is 10.3 Å². The van der Waals surface area contributed by atoms with Crippen LogP contribution in [-0.2, 0) is 16.0 Å². The van der Waals surface area contributed by atoms with Crippen molar-refractivity contribution in [1.82, 2.24) is 4.98 Å². The van der Waals surface area contributed by atoms with E-state index in [4.69, 9.17) is 0 Å². The Labute approximate surface area is 75.0 Å². The van der Waals surface area contributed by atoms with Crippen molar-refractivity contribution in [1.29, 1.82) is 0 Å². The number of carbonyl (C=O) groups excluding carboxylic acids is 2. The number of rotatable bonds is 0. The van der Waals surface area contributed by atoms with Crippen LogP contribution in [0.2, 0.25) is 0 Å². The quantitative estimate of drug-likeness (QED) is 0.584. The van der Waals surface area contributed by atoms with Gasteiger partial charge in [0.05, 0.1) is 0 Å². The number of pyridine rings is 1. The number of anilines is 1. The predicted molar refractivity (Wildman–Crippen MR) is 46.3 cm³/mol. The normalized spacial score (nSPS) is 15.2. The maximum Gasteiger partial charge on any atom is 0.293 e. The molecule has 0 saturated carbocycles. The maximum absolute atomic E-state index is 11.0. The van der Waals surface area contributed by atoms with Gasteiger partial charge in [-0.05, 0) is 12.5 Å². The number of carbonyl (C=O) groups is 2. The number of amides is 1. The van der Waals surface area contributed by atoms with Gasteiger partial charge in [0.1, 0.15) is 5.82 Å². The fraction of sp³-hybridized carbons (Fsp3) is 0.222. The first-order valence-electron chi connectivity index (χ1n) is 3.96. The molecule has 66 valence electrons. The summed E-state index contributed by atoms with van der Waals surface area (Å²) in [6.45, 7) is 1.90. The number of aromatic nitrogens is 1. The molecule has 1 N–H and O–H groups in total. The first kappa shape index (κ1) is 7.91. The SMILES string of the molecule is Cc1cnc2c(c1)CC(=O)C(=O)N2. The van der Waals surface area contributed by atoms with Gasteiger partial charge in [-0.15, -0.1) is 0 Å². The van der Waals surface area contributed by atoms with Crippen molar-refractivity contribution in [2.24, 2.45) is 0 Å². The number of ketones is 1. The third-order valence-electron chi connectivity index (χ3n) is 1.94. The van der Waals surface area contributed by atoms with Gasteiger partial charge >= 0.3 is 0 Å². The van der Waals surface area contributed by atoms with Crippen molar-refractivity contribution in [3.05, 3.63) is 23.4 Å². The Kier molecular flexibility index (Phi) is 1.62. The minimum absolute atomic E-state index is 0.163. The third-order valence-corrected chi connectivity index (χ3v) is 1.94. The Morgan fingerprint density at radius 2 is 2.23 bits per heavy atom. The fourth-order valence-corrected chi connectivity index (χ4v) is 1.31. The molecule has 1 aliphatic rings. The molecule has 1 amide bonds. The number of Topliss-reactive ketones (excluding diaryl/α,β-unsaturated/α-hetero) is 1. The van der Waals surface area contributed by atoms with Crippen LogP contribution < -0.4 is 5.32 Å². The van der Waals surface area contributed by atoms with Gasteiger partial charge in [-0.1, -0.05) is 6.07 Å². The second kappa shape index (κ2) is 2.65. The Bertz CT molecular complexity index is 399. The molecule has 1 aromatic rings. The maximum atomic E-state index is 11.0. The zero-order chi connectivity index (χ0) is 9.42. The highest BCUT2D eigenvalue weighted by molar-refractivity contribution is 6.42. The Hall–Kier alpha value is -1.71. The van der Waals surface area contributed by atoms with Crippen LogP contribution in [-0.4, -0.2) is 16.7 Å². The van der Waals surface area contributed by atoms with Gasteiger partial charge in [-0.2, -0.15) is 0 Å². The fourth-order valence-electron chi connectivity index (χ4n) is 1.31. The summed E-state index contributed by atoms with van der Waals surface area (Å²) in [5.74, 6) is -0.459. The first-order chi connectivity index (χ1) is 6.16. The summed E-state index contributed by atoms with van der Waals surface area (Å²) in [5, 5.41) is 2.44. The van der Waals surface area contributed by atoms with Crippen molar-refractivity contribution < 1.29 is 9.59 Å². The number of hydrogen-bond donors (Lipinski definition) is 1. The zero-order valence-electron chi connectivity index (χ0n) is 7.13. The molecule has 4 heteroatoms. The molecule has 0 aromatic carbocycles. The number of hydrogen-bond acceptors (Lipinski definition) is 3. The number of aryl methyl sites for hydroxylation is 1. The van der Waals surface area contributed by atoms with Gasteiger partial charge in [-0.3, -0.25) is 9.59 Å². The van der Waals surface area contributed by atoms with E-state index in [1.54, 1.807) is 6.20 Å². The van der Waals surface area contributed by atoms with Crippen molar-refractivity contribution in [2.75, 3.05) is 5.32 Å². The van der Waals surface area contributed by atoms with E-state index < -0.39 is 11.7 Å². The summed E-state index contributed by atoms with van der Waals surface area (Å²) in [4.78, 5) is 26.0. The summed E-state index contributed by atoms with van der Waals surface area (Å²) in [6.07, 6.45) is 1.82. The van der Waals surface area contributed by atoms with Gasteiger partial charge in [0.2, 0.25) is 5.78 Å². The molecule has 0 atom stereocenters. The summed E-state index contributed by atoms with van der Waals surface area (Å²) < 4.78 is 0. The van der Waals surface area contributed by atoms with Crippen LogP contribution in [0.5, 0.6) is 0 Å². The van der Waals surface area contributed by atoms with E-state index in [1.165, 1.54) is 0 Å². The molecule has 0 spiro atoms. The van der Waals surface area contributed by atoms with Crippen molar-refractivity contribution in [2.45, 2.75) is 13.3 Å². The van der Waals surface area contributed by atoms with E-state index in [1.807, 2.05) is 13.0 Å². The van der Waals surface area contributed by atoms with Gasteiger partial charge in [0.15, 0.2) is 0 Å². The molecule has 0 radical (unpaired) electrons. The van der Waals surface area contributed by atoms with Gasteiger partial charge in [0.25, 0.3) is 5.91 Å². The molecular weight excluding hydrogens is 168 g/mol. The lowest BCUT2D eigenvalue weighted by Gasteiger charge is -2.14. The molecule has 4 nitrogen and oxygen atoms in total. The lowest BCUT2D eigenvalue weighted by molar-refractivity contribution is -0.134. The lowest BCUT2D eigenvalue weighted by Crippen LogP contribution is -2.30. The molecular formula is C9H8N2O2. The average Bonchev–Trinajstić information content (AvgIpc) is 2.08. The van der Waals surface area contributed by atoms with Crippen LogP contribution >= 0.6 is 0 Å². The lowest BCUT2D eigenvalue weighted by atomic mass is 10.0. The van der Waals surface area contributed by atoms with Gasteiger partial charge in [0, 0.05) is 18.2 Å². The summed E-state index contributed by atoms with van der Waals surface area (Å²) in [5.41, 5.74) is 1.78. The minimum Gasteiger partial charge on any atom is -0.304 e. The molecule has 0 aliphatic carbocycles. The molecule has 1 aliphatic heterocycles. The van der Waals surface area contributed by atoms with E-state index in [-0.39, 0.29) is 6.42 Å². The second-order valence-electron chi connectivity index (χ2n) is 3.07. The van der Waals surface area contributed by atoms with Crippen LogP contribution in [0.15, 0.2) is 12.3 Å². The van der Waals surface area contributed by atoms with E-state index in [0.717, 1.165) is 11.1 Å². The Morgan fingerprint density at radius 3 is 3.00 bits per heavy atom. The van der Waals surface area contributed by atoms with Crippen molar-refractivity contribution in [3.63, 3.8) is 0 Å².